The molecule has 0 fully saturated rings. The molecule has 0 spiro atoms. The number of aryl methyl sites for hydroxylation is 1. The van der Waals surface area contributed by atoms with Crippen molar-refractivity contribution in [2.24, 2.45) is 0 Å². The Balaban J connectivity index is 2.22. The topological polar surface area (TPSA) is 50.4 Å². The molecule has 0 aliphatic heterocycles. The highest BCUT2D eigenvalue weighted by atomic mass is 79.9. The molecule has 2 aromatic rings. The summed E-state index contributed by atoms with van der Waals surface area (Å²) in [5.74, 6) is 0.537. The molecule has 0 saturated heterocycles. The number of methoxy groups -OCH3 is 1. The Morgan fingerprint density at radius 3 is 2.48 bits per heavy atom. The fourth-order valence-electron chi connectivity index (χ4n) is 2.01. The van der Waals surface area contributed by atoms with Crippen LogP contribution in [-0.4, -0.2) is 20.1 Å². The minimum absolute atomic E-state index is 0.139. The van der Waals surface area contributed by atoms with E-state index in [0.29, 0.717) is 17.0 Å². The molecule has 0 heterocycles. The molecule has 0 bridgehead atoms. The highest BCUT2D eigenvalue weighted by molar-refractivity contribution is 9.10. The molecule has 110 valence electrons. The lowest BCUT2D eigenvalue weighted by molar-refractivity contribution is 0.102. The summed E-state index contributed by atoms with van der Waals surface area (Å²) in [5.41, 5.74) is 3.24. The summed E-state index contributed by atoms with van der Waals surface area (Å²) in [6.07, 6.45) is 0. The van der Waals surface area contributed by atoms with Gasteiger partial charge in [-0.15, -0.1) is 0 Å². The van der Waals surface area contributed by atoms with E-state index in [4.69, 9.17) is 4.74 Å². The number of carbonyl (C=O) groups excluding carboxylic acids is 1. The number of benzene rings is 2. The first kappa shape index (κ1) is 15.4. The lowest BCUT2D eigenvalue weighted by Crippen LogP contribution is -2.13. The van der Waals surface area contributed by atoms with Gasteiger partial charge in [-0.25, -0.2) is 0 Å². The molecule has 2 aromatic carbocycles. The second kappa shape index (κ2) is 6.63. The maximum atomic E-state index is 12.3. The Morgan fingerprint density at radius 2 is 1.86 bits per heavy atom. The van der Waals surface area contributed by atoms with Crippen molar-refractivity contribution in [3.05, 3.63) is 52.0 Å². The van der Waals surface area contributed by atoms with Crippen LogP contribution in [0.3, 0.4) is 0 Å². The van der Waals surface area contributed by atoms with E-state index >= 15 is 0 Å². The van der Waals surface area contributed by atoms with Gasteiger partial charge in [0, 0.05) is 30.1 Å². The largest absolute Gasteiger partial charge is 0.495 e. The molecular formula is C16H17BrN2O2. The van der Waals surface area contributed by atoms with Crippen LogP contribution in [0.15, 0.2) is 40.9 Å². The molecule has 0 radical (unpaired) electrons. The number of carbonyl (C=O) groups is 1. The maximum Gasteiger partial charge on any atom is 0.255 e. The van der Waals surface area contributed by atoms with Crippen LogP contribution in [0.2, 0.25) is 0 Å². The first-order chi connectivity index (χ1) is 10.0. The van der Waals surface area contributed by atoms with E-state index in [1.807, 2.05) is 44.3 Å². The molecule has 21 heavy (non-hydrogen) atoms. The van der Waals surface area contributed by atoms with Crippen LogP contribution in [0.25, 0.3) is 0 Å². The van der Waals surface area contributed by atoms with Gasteiger partial charge in [0.05, 0.1) is 11.6 Å². The van der Waals surface area contributed by atoms with Crippen molar-refractivity contribution in [3.8, 4) is 5.75 Å². The molecule has 0 unspecified atom stereocenters. The second-order valence-electron chi connectivity index (χ2n) is 4.58. The average molecular weight is 349 g/mol. The summed E-state index contributed by atoms with van der Waals surface area (Å²) in [6, 6.07) is 11.1. The van der Waals surface area contributed by atoms with Gasteiger partial charge in [0.25, 0.3) is 5.91 Å². The van der Waals surface area contributed by atoms with Gasteiger partial charge in [-0.3, -0.25) is 4.79 Å². The highest BCUT2D eigenvalue weighted by Gasteiger charge is 2.11. The molecule has 5 heteroatoms. The number of halogens is 1. The van der Waals surface area contributed by atoms with Crippen molar-refractivity contribution in [2.75, 3.05) is 24.8 Å². The van der Waals surface area contributed by atoms with Gasteiger partial charge < -0.3 is 15.4 Å². The van der Waals surface area contributed by atoms with E-state index in [0.717, 1.165) is 15.7 Å². The van der Waals surface area contributed by atoms with Crippen molar-refractivity contribution in [1.29, 1.82) is 0 Å². The molecule has 0 aliphatic carbocycles. The summed E-state index contributed by atoms with van der Waals surface area (Å²) in [4.78, 5) is 12.3. The van der Waals surface area contributed by atoms with Crippen LogP contribution in [-0.2, 0) is 0 Å². The van der Waals surface area contributed by atoms with E-state index < -0.39 is 0 Å². The molecule has 2 N–H and O–H groups in total. The molecule has 2 rings (SSSR count). The SMILES string of the molecule is CNc1ccc(C(=O)Nc2ccc(Br)c(OC)c2)c(C)c1. The van der Waals surface area contributed by atoms with Crippen LogP contribution < -0.4 is 15.4 Å². The summed E-state index contributed by atoms with van der Waals surface area (Å²) in [7, 11) is 3.44. The van der Waals surface area contributed by atoms with Gasteiger partial charge in [0.2, 0.25) is 0 Å². The lowest BCUT2D eigenvalue weighted by Gasteiger charge is -2.11. The fourth-order valence-corrected chi connectivity index (χ4v) is 2.42. The van der Waals surface area contributed by atoms with Crippen LogP contribution in [0.4, 0.5) is 11.4 Å². The average Bonchev–Trinajstić information content (AvgIpc) is 2.48. The first-order valence-electron chi connectivity index (χ1n) is 6.48. The van der Waals surface area contributed by atoms with E-state index in [2.05, 4.69) is 26.6 Å². The third-order valence-corrected chi connectivity index (χ3v) is 3.82. The maximum absolute atomic E-state index is 12.3. The van der Waals surface area contributed by atoms with Crippen LogP contribution >= 0.6 is 15.9 Å². The van der Waals surface area contributed by atoms with E-state index in [1.165, 1.54) is 0 Å². The standard InChI is InChI=1S/C16H17BrN2O2/c1-10-8-11(18-2)4-6-13(10)16(20)19-12-5-7-14(17)15(9-12)21-3/h4-9,18H,1-3H3,(H,19,20). The van der Waals surface area contributed by atoms with E-state index in [1.54, 1.807) is 13.2 Å². The Hall–Kier alpha value is -2.01. The Bertz CT molecular complexity index is 671. The lowest BCUT2D eigenvalue weighted by atomic mass is 10.1. The summed E-state index contributed by atoms with van der Waals surface area (Å²) in [6.45, 7) is 1.91. The molecule has 0 aliphatic rings. The minimum atomic E-state index is -0.139. The molecule has 0 atom stereocenters. The van der Waals surface area contributed by atoms with Crippen LogP contribution in [0.5, 0.6) is 5.75 Å². The predicted octanol–water partition coefficient (Wildman–Crippen LogP) is 4.06. The molecule has 1 amide bonds. The third-order valence-electron chi connectivity index (χ3n) is 3.17. The van der Waals surface area contributed by atoms with E-state index in [9.17, 15) is 4.79 Å². The first-order valence-corrected chi connectivity index (χ1v) is 7.27. The van der Waals surface area contributed by atoms with Crippen LogP contribution in [0.1, 0.15) is 15.9 Å². The number of hydrogen-bond acceptors (Lipinski definition) is 3. The van der Waals surface area contributed by atoms with Gasteiger partial charge >= 0.3 is 0 Å². The summed E-state index contributed by atoms with van der Waals surface area (Å²) in [5, 5.41) is 5.93. The Labute approximate surface area is 132 Å². The van der Waals surface area contributed by atoms with Crippen molar-refractivity contribution in [1.82, 2.24) is 0 Å². The number of ether oxygens (including phenoxy) is 1. The number of hydrogen-bond donors (Lipinski definition) is 2. The molecular weight excluding hydrogens is 332 g/mol. The zero-order valence-corrected chi connectivity index (χ0v) is 13.7. The normalized spacial score (nSPS) is 10.1. The Morgan fingerprint density at radius 1 is 1.14 bits per heavy atom. The van der Waals surface area contributed by atoms with Gasteiger partial charge in [-0.05, 0) is 58.7 Å². The third kappa shape index (κ3) is 3.55. The van der Waals surface area contributed by atoms with Crippen molar-refractivity contribution in [3.63, 3.8) is 0 Å². The van der Waals surface area contributed by atoms with E-state index in [-0.39, 0.29) is 5.91 Å². The van der Waals surface area contributed by atoms with Crippen molar-refractivity contribution < 1.29 is 9.53 Å². The number of rotatable bonds is 4. The Kier molecular flexibility index (Phi) is 4.85. The quantitative estimate of drug-likeness (QED) is 0.875. The van der Waals surface area contributed by atoms with Crippen molar-refractivity contribution >= 4 is 33.2 Å². The van der Waals surface area contributed by atoms with Crippen LogP contribution in [0, 0.1) is 6.92 Å². The zero-order chi connectivity index (χ0) is 15.4. The van der Waals surface area contributed by atoms with Gasteiger partial charge in [0.1, 0.15) is 5.75 Å². The zero-order valence-electron chi connectivity index (χ0n) is 12.2. The second-order valence-corrected chi connectivity index (χ2v) is 5.44. The molecule has 4 nitrogen and oxygen atoms in total. The van der Waals surface area contributed by atoms with Gasteiger partial charge in [0.15, 0.2) is 0 Å². The molecule has 0 saturated carbocycles. The predicted molar refractivity (Wildman–Crippen MR) is 89.4 cm³/mol. The summed E-state index contributed by atoms with van der Waals surface area (Å²) >= 11 is 3.38. The number of anilines is 2. The monoisotopic (exact) mass is 348 g/mol. The van der Waals surface area contributed by atoms with Crippen molar-refractivity contribution in [2.45, 2.75) is 6.92 Å². The summed E-state index contributed by atoms with van der Waals surface area (Å²) < 4.78 is 6.07. The van der Waals surface area contributed by atoms with Gasteiger partial charge in [-0.2, -0.15) is 0 Å². The number of nitrogens with one attached hydrogen (secondary N) is 2. The smallest absolute Gasteiger partial charge is 0.255 e. The molecule has 0 aromatic heterocycles. The van der Waals surface area contributed by atoms with Gasteiger partial charge in [-0.1, -0.05) is 0 Å². The fraction of sp³-hybridized carbons (Fsp3) is 0.188. The highest BCUT2D eigenvalue weighted by Crippen LogP contribution is 2.28. The minimum Gasteiger partial charge on any atom is -0.495 e. The number of amides is 1.